The van der Waals surface area contributed by atoms with Crippen LogP contribution in [0.15, 0.2) is 16.7 Å². The van der Waals surface area contributed by atoms with Crippen molar-refractivity contribution < 1.29 is 4.42 Å². The minimum absolute atomic E-state index is 0.235. The van der Waals surface area contributed by atoms with E-state index in [1.54, 1.807) is 6.26 Å². The van der Waals surface area contributed by atoms with Crippen LogP contribution in [0, 0.1) is 19.3 Å². The summed E-state index contributed by atoms with van der Waals surface area (Å²) in [5, 5.41) is 3.41. The molecule has 1 aromatic rings. The number of furan rings is 1. The highest BCUT2D eigenvalue weighted by Gasteiger charge is 2.13. The normalized spacial score (nSPS) is 12.4. The third-order valence-corrected chi connectivity index (χ3v) is 2.24. The Morgan fingerprint density at radius 1 is 1.64 bits per heavy atom. The van der Waals surface area contributed by atoms with Crippen LogP contribution in [-0.2, 0) is 0 Å². The second-order valence-corrected chi connectivity index (χ2v) is 3.35. The first kappa shape index (κ1) is 10.9. The lowest BCUT2D eigenvalue weighted by Gasteiger charge is -2.14. The van der Waals surface area contributed by atoms with Crippen molar-refractivity contribution in [3.05, 3.63) is 23.7 Å². The molecule has 14 heavy (non-hydrogen) atoms. The Morgan fingerprint density at radius 3 is 2.93 bits per heavy atom. The molecule has 0 aromatic carbocycles. The molecular weight excluding hydrogens is 174 g/mol. The van der Waals surface area contributed by atoms with Crippen LogP contribution < -0.4 is 5.32 Å². The van der Waals surface area contributed by atoms with E-state index in [9.17, 15) is 0 Å². The maximum Gasteiger partial charge on any atom is 0.105 e. The minimum atomic E-state index is 0.235. The summed E-state index contributed by atoms with van der Waals surface area (Å²) in [5.74, 6) is 3.64. The van der Waals surface area contributed by atoms with Gasteiger partial charge in [-0.05, 0) is 26.0 Å². The summed E-state index contributed by atoms with van der Waals surface area (Å²) in [7, 11) is 0. The molecule has 1 heterocycles. The van der Waals surface area contributed by atoms with Gasteiger partial charge in [-0.1, -0.05) is 6.92 Å². The smallest absolute Gasteiger partial charge is 0.105 e. The molecule has 0 aliphatic heterocycles. The summed E-state index contributed by atoms with van der Waals surface area (Å²) < 4.78 is 5.26. The number of terminal acetylenes is 1. The van der Waals surface area contributed by atoms with Crippen molar-refractivity contribution in [2.24, 2.45) is 0 Å². The molecule has 0 fully saturated rings. The average molecular weight is 191 g/mol. The molecule has 1 N–H and O–H groups in total. The lowest BCUT2D eigenvalue weighted by Crippen LogP contribution is -2.21. The topological polar surface area (TPSA) is 25.2 Å². The van der Waals surface area contributed by atoms with Crippen LogP contribution in [0.25, 0.3) is 0 Å². The minimum Gasteiger partial charge on any atom is -0.469 e. The molecule has 0 saturated carbocycles. The van der Waals surface area contributed by atoms with Crippen LogP contribution in [0.3, 0.4) is 0 Å². The number of hydrogen-bond acceptors (Lipinski definition) is 2. The van der Waals surface area contributed by atoms with Gasteiger partial charge >= 0.3 is 0 Å². The zero-order valence-electron chi connectivity index (χ0n) is 8.84. The fraction of sp³-hybridized carbons (Fsp3) is 0.500. The molecule has 0 radical (unpaired) electrons. The average Bonchev–Trinajstić information content (AvgIpc) is 2.59. The maximum absolute atomic E-state index is 5.34. The monoisotopic (exact) mass is 191 g/mol. The highest BCUT2D eigenvalue weighted by molar-refractivity contribution is 5.21. The van der Waals surface area contributed by atoms with Gasteiger partial charge < -0.3 is 9.73 Å². The standard InChI is InChI=1S/C12H17NO/c1-4-6-12(13-8-5-2)11-7-9-14-10(11)3/h1,7,9,12-13H,5-6,8H2,2-3H3. The molecule has 0 amide bonds. The molecule has 0 bridgehead atoms. The molecule has 1 unspecified atom stereocenters. The molecule has 2 nitrogen and oxygen atoms in total. The Hall–Kier alpha value is -1.20. The molecule has 1 atom stereocenters. The molecule has 1 rings (SSSR count). The second kappa shape index (κ2) is 5.51. The maximum atomic E-state index is 5.34. The van der Waals surface area contributed by atoms with Gasteiger partial charge in [0.15, 0.2) is 0 Å². The van der Waals surface area contributed by atoms with Gasteiger partial charge in [-0.3, -0.25) is 0 Å². The summed E-state index contributed by atoms with van der Waals surface area (Å²) in [4.78, 5) is 0. The fourth-order valence-corrected chi connectivity index (χ4v) is 1.48. The molecule has 1 aromatic heterocycles. The van der Waals surface area contributed by atoms with Crippen molar-refractivity contribution in [2.75, 3.05) is 6.54 Å². The van der Waals surface area contributed by atoms with Gasteiger partial charge in [0.2, 0.25) is 0 Å². The molecule has 0 spiro atoms. The number of aryl methyl sites for hydroxylation is 1. The summed E-state index contributed by atoms with van der Waals surface area (Å²) in [6.07, 6.45) is 8.86. The van der Waals surface area contributed by atoms with Crippen LogP contribution in [0.2, 0.25) is 0 Å². The predicted molar refractivity (Wildman–Crippen MR) is 57.9 cm³/mol. The van der Waals surface area contributed by atoms with Crippen LogP contribution in [-0.4, -0.2) is 6.54 Å². The van der Waals surface area contributed by atoms with Gasteiger partial charge in [-0.25, -0.2) is 0 Å². The van der Waals surface area contributed by atoms with Gasteiger partial charge in [-0.2, -0.15) is 0 Å². The Bertz CT molecular complexity index is 308. The van der Waals surface area contributed by atoms with E-state index in [1.165, 1.54) is 5.56 Å². The van der Waals surface area contributed by atoms with Crippen LogP contribution in [0.1, 0.15) is 37.1 Å². The SMILES string of the molecule is C#CCC(NCCC)c1ccoc1C. The largest absolute Gasteiger partial charge is 0.469 e. The van der Waals surface area contributed by atoms with Gasteiger partial charge in [-0.15, -0.1) is 12.3 Å². The van der Waals surface area contributed by atoms with Crippen LogP contribution in [0.5, 0.6) is 0 Å². The van der Waals surface area contributed by atoms with Crippen molar-refractivity contribution in [3.8, 4) is 12.3 Å². The fourth-order valence-electron chi connectivity index (χ4n) is 1.48. The highest BCUT2D eigenvalue weighted by atomic mass is 16.3. The van der Waals surface area contributed by atoms with Gasteiger partial charge in [0.25, 0.3) is 0 Å². The summed E-state index contributed by atoms with van der Waals surface area (Å²) in [6, 6.07) is 2.22. The van der Waals surface area contributed by atoms with E-state index in [2.05, 4.69) is 18.2 Å². The summed E-state index contributed by atoms with van der Waals surface area (Å²) in [5.41, 5.74) is 1.18. The first-order valence-corrected chi connectivity index (χ1v) is 5.00. The third-order valence-electron chi connectivity index (χ3n) is 2.24. The third kappa shape index (κ3) is 2.65. The van der Waals surface area contributed by atoms with Crippen molar-refractivity contribution in [2.45, 2.75) is 32.7 Å². The van der Waals surface area contributed by atoms with Crippen molar-refractivity contribution in [3.63, 3.8) is 0 Å². The zero-order chi connectivity index (χ0) is 10.4. The van der Waals surface area contributed by atoms with E-state index in [0.29, 0.717) is 6.42 Å². The summed E-state index contributed by atoms with van der Waals surface area (Å²) in [6.45, 7) is 5.09. The molecule has 0 saturated heterocycles. The van der Waals surface area contributed by atoms with Crippen molar-refractivity contribution in [1.82, 2.24) is 5.32 Å². The lowest BCUT2D eigenvalue weighted by atomic mass is 10.1. The van der Waals surface area contributed by atoms with E-state index in [0.717, 1.165) is 18.7 Å². The quantitative estimate of drug-likeness (QED) is 0.724. The number of hydrogen-bond donors (Lipinski definition) is 1. The van der Waals surface area contributed by atoms with Gasteiger partial charge in [0, 0.05) is 18.0 Å². The molecule has 76 valence electrons. The lowest BCUT2D eigenvalue weighted by molar-refractivity contribution is 0.500. The highest BCUT2D eigenvalue weighted by Crippen LogP contribution is 2.21. The van der Waals surface area contributed by atoms with E-state index in [1.807, 2.05) is 13.0 Å². The Kier molecular flexibility index (Phi) is 4.28. The molecular formula is C12H17NO. The summed E-state index contributed by atoms with van der Waals surface area (Å²) >= 11 is 0. The van der Waals surface area contributed by atoms with Crippen LogP contribution >= 0.6 is 0 Å². The van der Waals surface area contributed by atoms with E-state index < -0.39 is 0 Å². The van der Waals surface area contributed by atoms with Gasteiger partial charge in [0.1, 0.15) is 5.76 Å². The number of rotatable bonds is 5. The first-order valence-electron chi connectivity index (χ1n) is 5.00. The zero-order valence-corrected chi connectivity index (χ0v) is 8.84. The Morgan fingerprint density at radius 2 is 2.43 bits per heavy atom. The number of nitrogens with one attached hydrogen (secondary N) is 1. The molecule has 0 aliphatic carbocycles. The Balaban J connectivity index is 2.68. The second-order valence-electron chi connectivity index (χ2n) is 3.35. The van der Waals surface area contributed by atoms with E-state index in [-0.39, 0.29) is 6.04 Å². The van der Waals surface area contributed by atoms with Crippen molar-refractivity contribution >= 4 is 0 Å². The Labute approximate surface area is 85.7 Å². The predicted octanol–water partition coefficient (Wildman–Crippen LogP) is 2.65. The van der Waals surface area contributed by atoms with Gasteiger partial charge in [0.05, 0.1) is 6.26 Å². The van der Waals surface area contributed by atoms with Crippen LogP contribution in [0.4, 0.5) is 0 Å². The van der Waals surface area contributed by atoms with E-state index in [4.69, 9.17) is 10.8 Å². The molecule has 2 heteroatoms. The molecule has 0 aliphatic rings. The first-order chi connectivity index (χ1) is 6.79. The van der Waals surface area contributed by atoms with E-state index >= 15 is 0 Å². The van der Waals surface area contributed by atoms with Crippen molar-refractivity contribution in [1.29, 1.82) is 0 Å².